The lowest BCUT2D eigenvalue weighted by molar-refractivity contribution is -0.137. The van der Waals surface area contributed by atoms with E-state index in [-0.39, 0.29) is 0 Å². The van der Waals surface area contributed by atoms with Crippen LogP contribution in [0.3, 0.4) is 0 Å². The lowest BCUT2D eigenvalue weighted by Gasteiger charge is -2.04. The third-order valence-corrected chi connectivity index (χ3v) is 2.54. The molecule has 1 aromatic rings. The first-order valence-electron chi connectivity index (χ1n) is 4.34. The van der Waals surface area contributed by atoms with Crippen LogP contribution in [-0.4, -0.2) is 18.1 Å². The maximum atomic E-state index is 10.9. The van der Waals surface area contributed by atoms with Gasteiger partial charge in [0.05, 0.1) is 0 Å². The topological polar surface area (TPSA) is 72.2 Å². The van der Waals surface area contributed by atoms with Gasteiger partial charge in [-0.3, -0.25) is 9.59 Å². The van der Waals surface area contributed by atoms with E-state index in [1.54, 1.807) is 11.8 Å². The molecule has 2 amide bonds. The van der Waals surface area contributed by atoms with Crippen LogP contribution < -0.4 is 11.1 Å². The van der Waals surface area contributed by atoms with Crippen molar-refractivity contribution in [1.29, 1.82) is 0 Å². The standard InChI is InChI=1S/C10H12N2O2S/c1-15-8-4-2-3-7(5-8)6-12-10(14)9(11)13/h2-5H,6H2,1H3,(H2,11,13)(H,12,14). The Morgan fingerprint density at radius 3 is 2.80 bits per heavy atom. The van der Waals surface area contributed by atoms with E-state index in [4.69, 9.17) is 5.73 Å². The van der Waals surface area contributed by atoms with Crippen molar-refractivity contribution in [3.8, 4) is 0 Å². The molecule has 0 aliphatic heterocycles. The second-order valence-corrected chi connectivity index (χ2v) is 3.78. The van der Waals surface area contributed by atoms with Gasteiger partial charge < -0.3 is 11.1 Å². The van der Waals surface area contributed by atoms with Crippen LogP contribution in [0.4, 0.5) is 0 Å². The van der Waals surface area contributed by atoms with Crippen LogP contribution in [0.15, 0.2) is 29.2 Å². The van der Waals surface area contributed by atoms with E-state index in [9.17, 15) is 9.59 Å². The molecule has 0 saturated carbocycles. The number of benzene rings is 1. The Morgan fingerprint density at radius 2 is 2.20 bits per heavy atom. The first-order chi connectivity index (χ1) is 7.13. The van der Waals surface area contributed by atoms with Gasteiger partial charge in [0.15, 0.2) is 0 Å². The highest BCUT2D eigenvalue weighted by Crippen LogP contribution is 2.15. The number of thioether (sulfide) groups is 1. The van der Waals surface area contributed by atoms with Crippen molar-refractivity contribution >= 4 is 23.6 Å². The largest absolute Gasteiger partial charge is 0.361 e. The van der Waals surface area contributed by atoms with Gasteiger partial charge in [-0.2, -0.15) is 0 Å². The zero-order valence-corrected chi connectivity index (χ0v) is 9.14. The van der Waals surface area contributed by atoms with Gasteiger partial charge in [-0.15, -0.1) is 11.8 Å². The second kappa shape index (κ2) is 5.41. The minimum atomic E-state index is -0.962. The van der Waals surface area contributed by atoms with Crippen LogP contribution in [0.1, 0.15) is 5.56 Å². The average Bonchev–Trinajstić information content (AvgIpc) is 2.26. The van der Waals surface area contributed by atoms with Crippen LogP contribution in [0, 0.1) is 0 Å². The number of nitrogens with two attached hydrogens (primary N) is 1. The Kier molecular flexibility index (Phi) is 4.17. The van der Waals surface area contributed by atoms with Gasteiger partial charge in [-0.25, -0.2) is 0 Å². The molecule has 3 N–H and O–H groups in total. The molecule has 0 bridgehead atoms. The van der Waals surface area contributed by atoms with Crippen LogP contribution in [-0.2, 0) is 16.1 Å². The first-order valence-corrected chi connectivity index (χ1v) is 5.56. The number of carbonyl (C=O) groups excluding carboxylic acids is 2. The van der Waals surface area contributed by atoms with Crippen LogP contribution >= 0.6 is 11.8 Å². The summed E-state index contributed by atoms with van der Waals surface area (Å²) in [4.78, 5) is 22.4. The quantitative estimate of drug-likeness (QED) is 0.580. The third-order valence-electron chi connectivity index (χ3n) is 1.81. The molecule has 0 aromatic heterocycles. The summed E-state index contributed by atoms with van der Waals surface area (Å²) in [6.45, 7) is 0.316. The lowest BCUT2D eigenvalue weighted by atomic mass is 10.2. The normalized spacial score (nSPS) is 9.67. The summed E-state index contributed by atoms with van der Waals surface area (Å²) >= 11 is 1.62. The number of hydrogen-bond donors (Lipinski definition) is 2. The van der Waals surface area contributed by atoms with Gasteiger partial charge in [0.2, 0.25) is 0 Å². The number of hydrogen-bond acceptors (Lipinski definition) is 3. The summed E-state index contributed by atoms with van der Waals surface area (Å²) in [6.07, 6.45) is 1.97. The molecular formula is C10H12N2O2S. The summed E-state index contributed by atoms with van der Waals surface area (Å²) in [5, 5.41) is 2.43. The number of primary amides is 1. The first kappa shape index (κ1) is 11.6. The Bertz CT molecular complexity index is 379. The summed E-state index contributed by atoms with van der Waals surface area (Å²) in [5.41, 5.74) is 5.74. The minimum Gasteiger partial charge on any atom is -0.361 e. The maximum absolute atomic E-state index is 10.9. The second-order valence-electron chi connectivity index (χ2n) is 2.90. The minimum absolute atomic E-state index is 0.316. The molecule has 1 aromatic carbocycles. The molecule has 0 heterocycles. The number of carbonyl (C=O) groups is 2. The fourth-order valence-corrected chi connectivity index (χ4v) is 1.54. The van der Waals surface area contributed by atoms with Crippen molar-refractivity contribution in [2.24, 2.45) is 5.73 Å². The predicted octanol–water partition coefficient (Wildman–Crippen LogP) is 0.510. The monoisotopic (exact) mass is 224 g/mol. The molecule has 0 aliphatic rings. The van der Waals surface area contributed by atoms with E-state index >= 15 is 0 Å². The van der Waals surface area contributed by atoms with Crippen LogP contribution in [0.2, 0.25) is 0 Å². The molecule has 0 fully saturated rings. The van der Waals surface area contributed by atoms with Gasteiger partial charge in [-0.1, -0.05) is 12.1 Å². The Morgan fingerprint density at radius 1 is 1.47 bits per heavy atom. The summed E-state index contributed by atoms with van der Waals surface area (Å²) in [7, 11) is 0. The molecule has 15 heavy (non-hydrogen) atoms. The molecule has 1 rings (SSSR count). The zero-order valence-electron chi connectivity index (χ0n) is 8.32. The zero-order chi connectivity index (χ0) is 11.3. The summed E-state index contributed by atoms with van der Waals surface area (Å²) in [6, 6.07) is 7.70. The molecule has 0 saturated heterocycles. The molecule has 0 spiro atoms. The fraction of sp³-hybridized carbons (Fsp3) is 0.200. The highest BCUT2D eigenvalue weighted by molar-refractivity contribution is 7.98. The van der Waals surface area contributed by atoms with Crippen molar-refractivity contribution in [2.45, 2.75) is 11.4 Å². The summed E-state index contributed by atoms with van der Waals surface area (Å²) in [5.74, 6) is -1.72. The molecule has 0 aliphatic carbocycles. The van der Waals surface area contributed by atoms with Gasteiger partial charge in [-0.05, 0) is 24.0 Å². The lowest BCUT2D eigenvalue weighted by Crippen LogP contribution is -2.35. The number of rotatable bonds is 3. The van der Waals surface area contributed by atoms with Gasteiger partial charge >= 0.3 is 11.8 Å². The average molecular weight is 224 g/mol. The Hall–Kier alpha value is -1.49. The van der Waals surface area contributed by atoms with Crippen LogP contribution in [0.25, 0.3) is 0 Å². The number of nitrogens with one attached hydrogen (secondary N) is 1. The van der Waals surface area contributed by atoms with Crippen molar-refractivity contribution < 1.29 is 9.59 Å². The van der Waals surface area contributed by atoms with Crippen molar-refractivity contribution in [3.63, 3.8) is 0 Å². The number of amides is 2. The van der Waals surface area contributed by atoms with Crippen molar-refractivity contribution in [1.82, 2.24) is 5.32 Å². The van der Waals surface area contributed by atoms with E-state index in [0.29, 0.717) is 6.54 Å². The van der Waals surface area contributed by atoms with E-state index < -0.39 is 11.8 Å². The SMILES string of the molecule is CSc1cccc(CNC(=O)C(N)=O)c1. The van der Waals surface area contributed by atoms with Crippen LogP contribution in [0.5, 0.6) is 0 Å². The van der Waals surface area contributed by atoms with E-state index in [1.807, 2.05) is 30.5 Å². The highest BCUT2D eigenvalue weighted by Gasteiger charge is 2.07. The smallest absolute Gasteiger partial charge is 0.309 e. The molecule has 0 unspecified atom stereocenters. The Balaban J connectivity index is 2.57. The molecular weight excluding hydrogens is 212 g/mol. The molecule has 4 nitrogen and oxygen atoms in total. The van der Waals surface area contributed by atoms with Gasteiger partial charge in [0, 0.05) is 11.4 Å². The third kappa shape index (κ3) is 3.63. The Labute approximate surface area is 92.2 Å². The fourth-order valence-electron chi connectivity index (χ4n) is 1.05. The molecule has 0 atom stereocenters. The van der Waals surface area contributed by atoms with E-state index in [0.717, 1.165) is 10.5 Å². The molecule has 0 radical (unpaired) electrons. The summed E-state index contributed by atoms with van der Waals surface area (Å²) < 4.78 is 0. The van der Waals surface area contributed by atoms with E-state index in [1.165, 1.54) is 0 Å². The van der Waals surface area contributed by atoms with Crippen molar-refractivity contribution in [3.05, 3.63) is 29.8 Å². The van der Waals surface area contributed by atoms with Gasteiger partial charge in [0.25, 0.3) is 0 Å². The van der Waals surface area contributed by atoms with Gasteiger partial charge in [0.1, 0.15) is 0 Å². The van der Waals surface area contributed by atoms with E-state index in [2.05, 4.69) is 5.32 Å². The molecule has 5 heteroatoms. The highest BCUT2D eigenvalue weighted by atomic mass is 32.2. The van der Waals surface area contributed by atoms with Crippen molar-refractivity contribution in [2.75, 3.05) is 6.26 Å². The predicted molar refractivity (Wildman–Crippen MR) is 59.3 cm³/mol. The maximum Gasteiger partial charge on any atom is 0.309 e. The molecule has 80 valence electrons.